The van der Waals surface area contributed by atoms with Gasteiger partial charge in [0.2, 0.25) is 5.78 Å². The molecule has 6 N–H and O–H groups in total. The second kappa shape index (κ2) is 9.04. The molecule has 0 aromatic heterocycles. The van der Waals surface area contributed by atoms with Gasteiger partial charge in [-0.1, -0.05) is 11.6 Å². The van der Waals surface area contributed by atoms with E-state index in [2.05, 4.69) is 0 Å². The smallest absolute Gasteiger partial charge is 0.255 e. The van der Waals surface area contributed by atoms with Gasteiger partial charge in [0.05, 0.1) is 11.6 Å². The summed E-state index contributed by atoms with van der Waals surface area (Å²) in [5, 5.41) is 44.8. The van der Waals surface area contributed by atoms with Gasteiger partial charge in [-0.2, -0.15) is 0 Å². The van der Waals surface area contributed by atoms with Crippen LogP contribution in [0.3, 0.4) is 0 Å². The maximum absolute atomic E-state index is 13.8. The topological polar surface area (TPSA) is 165 Å². The molecular formula is C26H29ClFN3O7. The minimum Gasteiger partial charge on any atom is -0.508 e. The predicted molar refractivity (Wildman–Crippen MR) is 134 cm³/mol. The zero-order valence-electron chi connectivity index (χ0n) is 20.9. The summed E-state index contributed by atoms with van der Waals surface area (Å²) >= 11 is 6.73. The summed E-state index contributed by atoms with van der Waals surface area (Å²) < 4.78 is 13.7. The molecule has 1 aromatic rings. The van der Waals surface area contributed by atoms with Crippen LogP contribution in [0.15, 0.2) is 23.0 Å². The maximum Gasteiger partial charge on any atom is 0.255 e. The van der Waals surface area contributed by atoms with Gasteiger partial charge in [-0.15, -0.1) is 0 Å². The average Bonchev–Trinajstić information content (AvgIpc) is 3.23. The summed E-state index contributed by atoms with van der Waals surface area (Å²) in [6.07, 6.45) is -0.464. The van der Waals surface area contributed by atoms with Crippen molar-refractivity contribution in [3.8, 4) is 5.75 Å². The highest BCUT2D eigenvalue weighted by Crippen LogP contribution is 2.53. The van der Waals surface area contributed by atoms with Crippen molar-refractivity contribution < 1.29 is 39.2 Å². The van der Waals surface area contributed by atoms with E-state index in [1.54, 1.807) is 0 Å². The lowest BCUT2D eigenvalue weighted by molar-refractivity contribution is -0.153. The molecule has 1 saturated carbocycles. The highest BCUT2D eigenvalue weighted by atomic mass is 35.5. The number of alkyl halides is 1. The number of aliphatic hydroxyl groups is 3. The molecule has 3 aliphatic carbocycles. The highest BCUT2D eigenvalue weighted by Gasteiger charge is 2.64. The third kappa shape index (κ3) is 3.67. The zero-order chi connectivity index (χ0) is 27.8. The number of carbonyl (C=O) groups is 3. The molecule has 38 heavy (non-hydrogen) atoms. The van der Waals surface area contributed by atoms with E-state index in [1.165, 1.54) is 25.1 Å². The summed E-state index contributed by atoms with van der Waals surface area (Å²) in [7, 11) is 3.07. The Bertz CT molecular complexity index is 1340. The number of phenolic OH excluding ortho intramolecular Hbond substituents is 1. The van der Waals surface area contributed by atoms with Gasteiger partial charge in [0.1, 0.15) is 29.0 Å². The number of likely N-dealkylation sites (N-methyl/N-ethyl adjacent to an activating group) is 1. The zero-order valence-corrected chi connectivity index (χ0v) is 21.6. The van der Waals surface area contributed by atoms with E-state index in [9.17, 15) is 39.2 Å². The van der Waals surface area contributed by atoms with Crippen LogP contribution in [0.4, 0.5) is 4.39 Å². The Labute approximate surface area is 222 Å². The molecule has 1 aromatic carbocycles. The van der Waals surface area contributed by atoms with Crippen LogP contribution in [0.1, 0.15) is 29.5 Å². The van der Waals surface area contributed by atoms with Crippen molar-refractivity contribution in [2.24, 2.45) is 17.6 Å². The van der Waals surface area contributed by atoms with Crippen molar-refractivity contribution >= 4 is 34.8 Å². The number of aliphatic hydroxyl groups excluding tert-OH is 2. The van der Waals surface area contributed by atoms with E-state index in [-0.39, 0.29) is 47.8 Å². The van der Waals surface area contributed by atoms with Crippen molar-refractivity contribution in [2.75, 3.05) is 27.2 Å². The third-order valence-electron chi connectivity index (χ3n) is 8.34. The van der Waals surface area contributed by atoms with Crippen LogP contribution in [0.2, 0.25) is 5.02 Å². The van der Waals surface area contributed by atoms with Gasteiger partial charge in [0, 0.05) is 36.1 Å². The lowest BCUT2D eigenvalue weighted by atomic mass is 9.57. The first-order valence-electron chi connectivity index (χ1n) is 12.3. The van der Waals surface area contributed by atoms with E-state index in [0.29, 0.717) is 24.1 Å². The van der Waals surface area contributed by atoms with Gasteiger partial charge in [-0.25, -0.2) is 4.39 Å². The molecule has 1 amide bonds. The van der Waals surface area contributed by atoms with Gasteiger partial charge in [-0.3, -0.25) is 24.2 Å². The lowest BCUT2D eigenvalue weighted by Crippen LogP contribution is -2.65. The first-order valence-corrected chi connectivity index (χ1v) is 12.7. The first-order chi connectivity index (χ1) is 17.8. The van der Waals surface area contributed by atoms with Gasteiger partial charge >= 0.3 is 0 Å². The molecule has 10 nitrogen and oxygen atoms in total. The Kier molecular flexibility index (Phi) is 6.33. The number of rotatable bonds is 4. The Hall–Kier alpha value is -2.99. The molecular weight excluding hydrogens is 521 g/mol. The van der Waals surface area contributed by atoms with E-state index in [1.807, 2.05) is 4.90 Å². The van der Waals surface area contributed by atoms with Crippen LogP contribution in [-0.4, -0.2) is 92.7 Å². The largest absolute Gasteiger partial charge is 0.508 e. The summed E-state index contributed by atoms with van der Waals surface area (Å²) in [5.74, 6) is -7.14. The fourth-order valence-electron chi connectivity index (χ4n) is 6.63. The maximum atomic E-state index is 13.8. The third-order valence-corrected chi connectivity index (χ3v) is 8.81. The van der Waals surface area contributed by atoms with Crippen molar-refractivity contribution in [1.29, 1.82) is 0 Å². The Balaban J connectivity index is 1.64. The summed E-state index contributed by atoms with van der Waals surface area (Å²) in [4.78, 5) is 42.3. The number of ketones is 2. The minimum atomic E-state index is -2.69. The van der Waals surface area contributed by atoms with E-state index < -0.39 is 64.2 Å². The number of aromatic hydroxyl groups is 1. The number of nitrogens with zero attached hydrogens (tertiary/aromatic N) is 2. The van der Waals surface area contributed by atoms with Crippen LogP contribution < -0.4 is 5.73 Å². The molecule has 12 heteroatoms. The fraction of sp³-hybridized carbons (Fsp3) is 0.500. The number of likely N-dealkylation sites (tertiary alicyclic amines) is 1. The summed E-state index contributed by atoms with van der Waals surface area (Å²) in [6, 6.07) is 0.199. The number of carbonyl (C=O) groups excluding carboxylic acids is 3. The van der Waals surface area contributed by atoms with Gasteiger partial charge in [0.25, 0.3) is 5.91 Å². The van der Waals surface area contributed by atoms with Crippen LogP contribution in [0.5, 0.6) is 5.75 Å². The molecule has 0 bridgehead atoms. The van der Waals surface area contributed by atoms with Gasteiger partial charge in [-0.05, 0) is 56.5 Å². The molecule has 4 aliphatic rings. The minimum absolute atomic E-state index is 0.0251. The van der Waals surface area contributed by atoms with Gasteiger partial charge < -0.3 is 26.2 Å². The molecule has 1 aliphatic heterocycles. The number of halogens is 2. The fourth-order valence-corrected chi connectivity index (χ4v) is 6.92. The first kappa shape index (κ1) is 26.6. The van der Waals surface area contributed by atoms with Crippen LogP contribution in [-0.2, 0) is 27.3 Å². The van der Waals surface area contributed by atoms with Crippen molar-refractivity contribution in [1.82, 2.24) is 9.80 Å². The van der Waals surface area contributed by atoms with Gasteiger partial charge in [0.15, 0.2) is 11.4 Å². The van der Waals surface area contributed by atoms with E-state index >= 15 is 0 Å². The SMILES string of the molecule is CN(C)[C@@H]1C(=O)C(C(N)=O)=C(O)[C@@]2(O)C(=O)C3=C(O)c4c(O)cc(CN5CC[C@H](F)C5)c(Cl)c4C[C@H]3C[C@@H]12. The lowest BCUT2D eigenvalue weighted by Gasteiger charge is -2.50. The number of hydrogen-bond acceptors (Lipinski definition) is 9. The molecule has 0 radical (unpaired) electrons. The van der Waals surface area contributed by atoms with Crippen molar-refractivity contribution in [3.63, 3.8) is 0 Å². The Morgan fingerprint density at radius 1 is 1.29 bits per heavy atom. The molecule has 2 fully saturated rings. The highest BCUT2D eigenvalue weighted by molar-refractivity contribution is 6.32. The average molecular weight is 550 g/mol. The number of amides is 1. The predicted octanol–water partition coefficient (Wildman–Crippen LogP) is 1.16. The second-order valence-corrected chi connectivity index (χ2v) is 11.2. The molecule has 5 atom stereocenters. The van der Waals surface area contributed by atoms with E-state index in [0.717, 1.165) is 0 Å². The van der Waals surface area contributed by atoms with Crippen molar-refractivity contribution in [2.45, 2.75) is 43.6 Å². The molecule has 0 spiro atoms. The van der Waals surface area contributed by atoms with Crippen LogP contribution in [0.25, 0.3) is 5.76 Å². The second-order valence-electron chi connectivity index (χ2n) is 10.8. The quantitative estimate of drug-likeness (QED) is 0.346. The Morgan fingerprint density at radius 3 is 2.55 bits per heavy atom. The molecule has 204 valence electrons. The van der Waals surface area contributed by atoms with E-state index in [4.69, 9.17) is 17.3 Å². The van der Waals surface area contributed by atoms with Crippen LogP contribution >= 0.6 is 11.6 Å². The van der Waals surface area contributed by atoms with Crippen molar-refractivity contribution in [3.05, 3.63) is 44.7 Å². The number of hydrogen-bond donors (Lipinski definition) is 5. The molecule has 0 unspecified atom stereocenters. The summed E-state index contributed by atoms with van der Waals surface area (Å²) in [6.45, 7) is 1.06. The summed E-state index contributed by atoms with van der Waals surface area (Å²) in [5.41, 5.74) is 2.39. The Morgan fingerprint density at radius 2 is 1.97 bits per heavy atom. The number of primary amides is 1. The normalized spacial score (nSPS) is 31.5. The number of phenols is 1. The monoisotopic (exact) mass is 549 g/mol. The molecule has 1 saturated heterocycles. The molecule has 5 rings (SSSR count). The molecule has 1 heterocycles. The number of Topliss-reactive ketones (excluding diaryl/α,β-unsaturated/α-hetero) is 2. The van der Waals surface area contributed by atoms with Crippen LogP contribution in [0, 0.1) is 11.8 Å². The number of fused-ring (bicyclic) bond motifs is 3. The standard InChI is InChI=1S/C26H29ClFN3O7/c1-30(2)20-14-6-10-5-13-17(15(32)7-11(19(13)27)8-31-4-3-12(28)9-31)21(33)16(10)23(35)26(14,38)24(36)18(22(20)34)25(29)37/h7,10,12,14,20,32-33,36,38H,3-6,8-9H2,1-2H3,(H2,29,37)/t10-,12-,14-,20-,26-/m0/s1. The number of nitrogens with two attached hydrogens (primary N) is 1. The number of benzene rings is 1.